The topological polar surface area (TPSA) is 185 Å². The van der Waals surface area contributed by atoms with Crippen molar-refractivity contribution in [3.05, 3.63) is 125 Å². The van der Waals surface area contributed by atoms with E-state index in [1.165, 1.54) is 33.2 Å². The molecule has 15 nitrogen and oxygen atoms in total. The number of rotatable bonds is 12. The molecule has 0 radical (unpaired) electrons. The summed E-state index contributed by atoms with van der Waals surface area (Å²) in [5, 5.41) is 29.3. The number of H-pyrrole nitrogens is 1. The Balaban J connectivity index is 1.12. The van der Waals surface area contributed by atoms with E-state index < -0.39 is 63.5 Å². The van der Waals surface area contributed by atoms with E-state index in [4.69, 9.17) is 18.9 Å². The highest BCUT2D eigenvalue weighted by atomic mass is 16.6. The van der Waals surface area contributed by atoms with Gasteiger partial charge in [-0.25, -0.2) is 4.79 Å². The van der Waals surface area contributed by atoms with Crippen LogP contribution in [0.1, 0.15) is 80.8 Å². The number of anilines is 1. The van der Waals surface area contributed by atoms with Crippen molar-refractivity contribution in [1.82, 2.24) is 9.88 Å². The number of nitrogens with zero attached hydrogens (tertiary/aromatic N) is 3. The number of aromatic amines is 1. The molecule has 6 heterocycles. The smallest absolute Gasteiger partial charge is 0.344 e. The van der Waals surface area contributed by atoms with E-state index in [1.54, 1.807) is 12.1 Å². The molecule has 5 aliphatic heterocycles. The average Bonchev–Trinajstić information content (AvgIpc) is 4.15. The Hall–Kier alpha value is -6.65. The zero-order chi connectivity index (χ0) is 52.9. The van der Waals surface area contributed by atoms with Gasteiger partial charge in [0.15, 0.2) is 6.10 Å². The van der Waals surface area contributed by atoms with Crippen LogP contribution < -0.4 is 9.64 Å². The minimum atomic E-state index is -2.59. The van der Waals surface area contributed by atoms with Gasteiger partial charge < -0.3 is 43.5 Å². The Kier molecular flexibility index (Phi) is 12.3. The fourth-order valence-electron chi connectivity index (χ4n) is 15.9. The number of fused-ring (bicyclic) bond motifs is 7. The monoisotopic (exact) mass is 1020 g/mol. The van der Waals surface area contributed by atoms with Gasteiger partial charge in [-0.3, -0.25) is 24.1 Å². The predicted octanol–water partition coefficient (Wildman–Crippen LogP) is 6.47. The molecule has 1 aromatic heterocycles. The number of methoxy groups -OCH3 is 3. The second-order valence-electron chi connectivity index (χ2n) is 22.3. The predicted molar refractivity (Wildman–Crippen MR) is 282 cm³/mol. The van der Waals surface area contributed by atoms with Crippen LogP contribution in [0.3, 0.4) is 0 Å². The molecule has 2 saturated heterocycles. The molecule has 15 heteroatoms. The molecule has 1 saturated carbocycles. The van der Waals surface area contributed by atoms with E-state index in [0.717, 1.165) is 32.8 Å². The van der Waals surface area contributed by atoms with Gasteiger partial charge in [0.2, 0.25) is 17.8 Å². The Morgan fingerprint density at radius 1 is 0.880 bits per heavy atom. The average molecular weight is 1020 g/mol. The molecule has 5 aromatic rings. The second kappa shape index (κ2) is 18.3. The van der Waals surface area contributed by atoms with Gasteiger partial charge in [-0.15, -0.1) is 0 Å². The number of nitrogens with one attached hydrogen (secondary N) is 1. The number of amides is 1. The standard InChI is InChI=1S/C60H67N4O11/c1-7-56(70)31-39-32-59(54(68)73-5,50-44(43-16-11-12-17-47(43)61-50)22-27-64(33-39,35-56)34-42(67)21-19-38-18-20-40-14-9-10-15-41(40)28-38)46-29-45-48(30-49(46)72-4)63(36-65)52-58(45)24-26-62-25-13-23-57(8-2,51(58)62)53(75-37(3)66)60(52,71)55(69)74-6/h9-21,23,28-30,36,39,51-53,61,70-71H,7-8,22,24-27,31-35H2,1-6H3/q+1/b21-19+/t39-,51+,52-,53-,56+,57-,58-,59+,60+,64-/m1/s1. The van der Waals surface area contributed by atoms with Crippen LogP contribution in [-0.4, -0.2) is 145 Å². The third-order valence-electron chi connectivity index (χ3n) is 18.6. The number of carbonyl (C=O) groups excluding carboxylic acids is 5. The first-order chi connectivity index (χ1) is 36.0. The maximum atomic E-state index is 15.8. The fourth-order valence-corrected chi connectivity index (χ4v) is 15.9. The molecule has 1 aliphatic carbocycles. The molecule has 4 aromatic carbocycles. The normalized spacial score (nSPS) is 32.6. The molecule has 75 heavy (non-hydrogen) atoms. The van der Waals surface area contributed by atoms with E-state index >= 15 is 4.79 Å². The summed E-state index contributed by atoms with van der Waals surface area (Å²) in [5.74, 6) is -2.53. The maximum Gasteiger partial charge on any atom is 0.344 e. The van der Waals surface area contributed by atoms with Crippen molar-refractivity contribution in [3.63, 3.8) is 0 Å². The Bertz CT molecular complexity index is 3240. The molecular weight excluding hydrogens is 953 g/mol. The number of quaternary nitrogens is 1. The van der Waals surface area contributed by atoms with Crippen LogP contribution in [0.2, 0.25) is 0 Å². The zero-order valence-corrected chi connectivity index (χ0v) is 43.6. The minimum Gasteiger partial charge on any atom is -0.496 e. The van der Waals surface area contributed by atoms with Gasteiger partial charge in [-0.05, 0) is 90.4 Å². The lowest BCUT2D eigenvalue weighted by atomic mass is 9.47. The summed E-state index contributed by atoms with van der Waals surface area (Å²) in [5.41, 5.74) is -3.22. The van der Waals surface area contributed by atoms with Crippen LogP contribution in [0.5, 0.6) is 5.75 Å². The molecule has 1 amide bonds. The van der Waals surface area contributed by atoms with Crippen molar-refractivity contribution in [2.45, 2.75) is 99.5 Å². The summed E-state index contributed by atoms with van der Waals surface area (Å²) in [4.78, 5) is 79.5. The number of para-hydroxylation sites is 1. The zero-order valence-electron chi connectivity index (χ0n) is 43.6. The van der Waals surface area contributed by atoms with Crippen molar-refractivity contribution < 1.29 is 57.6 Å². The van der Waals surface area contributed by atoms with Crippen LogP contribution in [-0.2, 0) is 55.4 Å². The molecule has 10 atom stereocenters. The quantitative estimate of drug-likeness (QED) is 0.0310. The van der Waals surface area contributed by atoms with Crippen LogP contribution in [0.25, 0.3) is 27.8 Å². The number of ether oxygens (including phenoxy) is 4. The van der Waals surface area contributed by atoms with Gasteiger partial charge in [-0.1, -0.05) is 86.7 Å². The minimum absolute atomic E-state index is 0.0737. The number of aromatic nitrogens is 1. The summed E-state index contributed by atoms with van der Waals surface area (Å²) in [7, 11) is 4.05. The number of hydrogen-bond acceptors (Lipinski definition) is 12. The van der Waals surface area contributed by atoms with E-state index in [1.807, 2.05) is 92.7 Å². The van der Waals surface area contributed by atoms with Crippen LogP contribution in [0, 0.1) is 11.3 Å². The number of benzene rings is 4. The molecule has 0 unspecified atom stereocenters. The van der Waals surface area contributed by atoms with Crippen molar-refractivity contribution in [3.8, 4) is 5.75 Å². The van der Waals surface area contributed by atoms with Gasteiger partial charge in [0.25, 0.3) is 0 Å². The third-order valence-corrected chi connectivity index (χ3v) is 18.6. The van der Waals surface area contributed by atoms with E-state index in [-0.39, 0.29) is 34.9 Å². The molecule has 392 valence electrons. The number of esters is 3. The van der Waals surface area contributed by atoms with Gasteiger partial charge in [0.1, 0.15) is 29.9 Å². The number of ketones is 1. The van der Waals surface area contributed by atoms with Crippen LogP contribution in [0.4, 0.5) is 5.69 Å². The second-order valence-corrected chi connectivity index (χ2v) is 22.3. The molecule has 3 N–H and O–H groups in total. The summed E-state index contributed by atoms with van der Waals surface area (Å²) in [6.45, 7) is 7.61. The lowest BCUT2D eigenvalue weighted by molar-refractivity contribution is -0.935. The van der Waals surface area contributed by atoms with Crippen molar-refractivity contribution in [1.29, 1.82) is 0 Å². The van der Waals surface area contributed by atoms with Crippen LogP contribution >= 0.6 is 0 Å². The molecule has 1 spiro atoms. The summed E-state index contributed by atoms with van der Waals surface area (Å²) in [6.07, 6.45) is 8.62. The van der Waals surface area contributed by atoms with Gasteiger partial charge in [0, 0.05) is 70.9 Å². The summed E-state index contributed by atoms with van der Waals surface area (Å²) in [6, 6.07) is 23.9. The maximum absolute atomic E-state index is 15.8. The number of aliphatic hydroxyl groups is 2. The van der Waals surface area contributed by atoms with Gasteiger partial charge in [0.05, 0.1) is 46.1 Å². The third kappa shape index (κ3) is 7.31. The lowest BCUT2D eigenvalue weighted by Gasteiger charge is -2.63. The van der Waals surface area contributed by atoms with Crippen molar-refractivity contribution in [2.24, 2.45) is 11.3 Å². The first-order valence-electron chi connectivity index (χ1n) is 26.4. The van der Waals surface area contributed by atoms with Crippen LogP contribution in [0.15, 0.2) is 97.1 Å². The Morgan fingerprint density at radius 2 is 1.64 bits per heavy atom. The van der Waals surface area contributed by atoms with Gasteiger partial charge in [-0.2, -0.15) is 0 Å². The Labute approximate surface area is 436 Å². The van der Waals surface area contributed by atoms with E-state index in [9.17, 15) is 29.4 Å². The SMILES string of the molecule is CC[C@]1(O)C[C@@H]2C[C@](C(=O)OC)(c3cc4c(cc3OC)N(C=O)[C@H]3[C@@](O)(C(=O)OC)[C@H](OC(C)=O)[C@]5(CC)C=CCN6CC[C@]43[C@@H]65)c3[nH]c4ccccc4c3CC[N@+](CC(=O)/C=C/c3ccc4ccccc4c3)(C2)C1. The highest BCUT2D eigenvalue weighted by molar-refractivity contribution is 5.98. The highest BCUT2D eigenvalue weighted by Crippen LogP contribution is 2.68. The summed E-state index contributed by atoms with van der Waals surface area (Å²) >= 11 is 0. The molecular formula is C60H67N4O11+. The number of hydrogen-bond donors (Lipinski definition) is 3. The molecule has 3 fully saturated rings. The van der Waals surface area contributed by atoms with Gasteiger partial charge >= 0.3 is 17.9 Å². The Morgan fingerprint density at radius 3 is 2.36 bits per heavy atom. The van der Waals surface area contributed by atoms with E-state index in [2.05, 4.69) is 22.0 Å². The molecule has 11 rings (SSSR count). The molecule has 6 aliphatic rings. The fraction of sp³-hybridized carbons (Fsp3) is 0.450. The first kappa shape index (κ1) is 50.5. The number of piperidine rings is 1. The highest BCUT2D eigenvalue weighted by Gasteiger charge is 2.81. The van der Waals surface area contributed by atoms with Crippen molar-refractivity contribution >= 4 is 63.5 Å². The largest absolute Gasteiger partial charge is 0.496 e. The lowest BCUT2D eigenvalue weighted by Crippen LogP contribution is -2.81. The number of carbonyl (C=O) groups is 5. The summed E-state index contributed by atoms with van der Waals surface area (Å²) < 4.78 is 24.3. The van der Waals surface area contributed by atoms with E-state index in [0.29, 0.717) is 93.7 Å². The molecule has 2 bridgehead atoms. The first-order valence-corrected chi connectivity index (χ1v) is 26.4. The van der Waals surface area contributed by atoms with Crippen molar-refractivity contribution in [2.75, 3.05) is 65.5 Å².